The first-order valence-electron chi connectivity index (χ1n) is 14.6. The topological polar surface area (TPSA) is 87.7 Å². The molecule has 0 heterocycles. The molecular formula is C31H51N3O4. The summed E-state index contributed by atoms with van der Waals surface area (Å²) in [6.07, 6.45) is 9.85. The maximum Gasteiger partial charge on any atom is 0.408 e. The van der Waals surface area contributed by atoms with Gasteiger partial charge in [-0.1, -0.05) is 70.1 Å². The van der Waals surface area contributed by atoms with Crippen LogP contribution in [-0.4, -0.2) is 47.0 Å². The molecule has 7 heteroatoms. The molecule has 1 fully saturated rings. The monoisotopic (exact) mass is 529 g/mol. The third-order valence-electron chi connectivity index (χ3n) is 7.25. The van der Waals surface area contributed by atoms with E-state index in [4.69, 9.17) is 4.74 Å². The highest BCUT2D eigenvalue weighted by Crippen LogP contribution is 2.27. The number of carbonyl (C=O) groups is 3. The average Bonchev–Trinajstić information content (AvgIpc) is 2.84. The van der Waals surface area contributed by atoms with Crippen LogP contribution in [-0.2, 0) is 14.3 Å². The molecule has 38 heavy (non-hydrogen) atoms. The van der Waals surface area contributed by atoms with Crippen molar-refractivity contribution >= 4 is 17.9 Å². The second kappa shape index (κ2) is 15.1. The molecule has 7 nitrogen and oxygen atoms in total. The second-order valence-electron chi connectivity index (χ2n) is 11.9. The van der Waals surface area contributed by atoms with E-state index in [0.29, 0.717) is 6.54 Å². The summed E-state index contributed by atoms with van der Waals surface area (Å²) in [6.45, 7) is 13.7. The number of ether oxygens (including phenoxy) is 1. The van der Waals surface area contributed by atoms with E-state index in [0.717, 1.165) is 74.5 Å². The Kier molecular flexibility index (Phi) is 12.6. The third-order valence-corrected chi connectivity index (χ3v) is 7.25. The van der Waals surface area contributed by atoms with Crippen molar-refractivity contribution in [1.29, 1.82) is 0 Å². The van der Waals surface area contributed by atoms with Gasteiger partial charge in [0.1, 0.15) is 17.7 Å². The molecule has 2 unspecified atom stereocenters. The number of nitrogens with zero attached hydrogens (tertiary/aromatic N) is 1. The predicted octanol–water partition coefficient (Wildman–Crippen LogP) is 6.51. The van der Waals surface area contributed by atoms with E-state index in [1.165, 1.54) is 6.42 Å². The van der Waals surface area contributed by atoms with E-state index in [1.807, 2.05) is 32.0 Å². The van der Waals surface area contributed by atoms with Crippen molar-refractivity contribution in [2.24, 2.45) is 0 Å². The first kappa shape index (κ1) is 31.6. The third kappa shape index (κ3) is 10.3. The summed E-state index contributed by atoms with van der Waals surface area (Å²) >= 11 is 0. The maximum absolute atomic E-state index is 13.9. The molecule has 0 bridgehead atoms. The van der Waals surface area contributed by atoms with Crippen molar-refractivity contribution in [2.75, 3.05) is 6.54 Å². The first-order chi connectivity index (χ1) is 17.9. The molecule has 0 saturated heterocycles. The molecule has 1 aromatic rings. The van der Waals surface area contributed by atoms with Crippen LogP contribution >= 0.6 is 0 Å². The van der Waals surface area contributed by atoms with Gasteiger partial charge in [-0.3, -0.25) is 9.59 Å². The Bertz CT molecular complexity index is 918. The number of aryl methyl sites for hydroxylation is 2. The lowest BCUT2D eigenvalue weighted by atomic mass is 9.94. The van der Waals surface area contributed by atoms with Crippen LogP contribution in [0.5, 0.6) is 0 Å². The Morgan fingerprint density at radius 3 is 2.26 bits per heavy atom. The van der Waals surface area contributed by atoms with Crippen LogP contribution in [0.1, 0.15) is 122 Å². The number of nitrogens with one attached hydrogen (secondary N) is 2. The molecule has 1 aliphatic rings. The van der Waals surface area contributed by atoms with Gasteiger partial charge in [0.15, 0.2) is 0 Å². The minimum Gasteiger partial charge on any atom is -0.444 e. The van der Waals surface area contributed by atoms with E-state index >= 15 is 0 Å². The van der Waals surface area contributed by atoms with Crippen molar-refractivity contribution in [3.05, 3.63) is 34.9 Å². The molecule has 0 spiro atoms. The minimum atomic E-state index is -0.836. The zero-order valence-electron chi connectivity index (χ0n) is 24.8. The van der Waals surface area contributed by atoms with Gasteiger partial charge in [0.05, 0.1) is 0 Å². The van der Waals surface area contributed by atoms with Gasteiger partial charge in [-0.2, -0.15) is 0 Å². The molecule has 2 rings (SSSR count). The lowest BCUT2D eigenvalue weighted by molar-refractivity contribution is -0.142. The number of amides is 3. The van der Waals surface area contributed by atoms with Gasteiger partial charge in [-0.15, -0.1) is 0 Å². The highest BCUT2D eigenvalue weighted by atomic mass is 16.6. The fourth-order valence-corrected chi connectivity index (χ4v) is 4.98. The summed E-state index contributed by atoms with van der Waals surface area (Å²) in [5.74, 6) is -0.431. The number of alkyl carbamates (subject to hydrolysis) is 1. The van der Waals surface area contributed by atoms with Gasteiger partial charge in [-0.05, 0) is 77.5 Å². The molecule has 0 radical (unpaired) electrons. The smallest absolute Gasteiger partial charge is 0.408 e. The van der Waals surface area contributed by atoms with Gasteiger partial charge in [0.2, 0.25) is 11.8 Å². The number of rotatable bonds is 12. The molecule has 0 aromatic heterocycles. The Hall–Kier alpha value is -2.57. The summed E-state index contributed by atoms with van der Waals surface area (Å²) < 4.78 is 5.39. The molecule has 1 aromatic carbocycles. The van der Waals surface area contributed by atoms with Crippen molar-refractivity contribution in [3.8, 4) is 0 Å². The van der Waals surface area contributed by atoms with E-state index in [1.54, 1.807) is 32.6 Å². The summed E-state index contributed by atoms with van der Waals surface area (Å²) in [5.41, 5.74) is 2.34. The highest BCUT2D eigenvalue weighted by Gasteiger charge is 2.35. The van der Waals surface area contributed by atoms with Gasteiger partial charge in [0.25, 0.3) is 0 Å². The van der Waals surface area contributed by atoms with Crippen LogP contribution in [0.3, 0.4) is 0 Å². The first-order valence-corrected chi connectivity index (χ1v) is 14.6. The van der Waals surface area contributed by atoms with Crippen LogP contribution < -0.4 is 10.6 Å². The Morgan fingerprint density at radius 2 is 1.66 bits per heavy atom. The zero-order chi connectivity index (χ0) is 28.3. The summed E-state index contributed by atoms with van der Waals surface area (Å²) in [4.78, 5) is 41.9. The number of hydrogen-bond donors (Lipinski definition) is 2. The van der Waals surface area contributed by atoms with Crippen molar-refractivity contribution in [1.82, 2.24) is 15.5 Å². The lowest BCUT2D eigenvalue weighted by Crippen LogP contribution is -2.53. The number of benzene rings is 1. The normalized spacial score (nSPS) is 15.9. The standard InChI is InChI=1S/C31H51N3O4/c1-8-9-10-11-15-20-34(29(36)24(4)32-30(37)38-31(5,6)7)27(25-19-18-22(2)23(3)21-25)28(35)33-26-16-13-12-14-17-26/h18-19,21,24,26-27H,8-17,20H2,1-7H3,(H,32,37)(H,33,35). The lowest BCUT2D eigenvalue weighted by Gasteiger charge is -2.35. The Morgan fingerprint density at radius 1 is 1.00 bits per heavy atom. The number of unbranched alkanes of at least 4 members (excludes halogenated alkanes) is 4. The van der Waals surface area contributed by atoms with Gasteiger partial charge in [0, 0.05) is 12.6 Å². The van der Waals surface area contributed by atoms with Gasteiger partial charge < -0.3 is 20.3 Å². The largest absolute Gasteiger partial charge is 0.444 e. The summed E-state index contributed by atoms with van der Waals surface area (Å²) in [5, 5.41) is 5.95. The number of carbonyl (C=O) groups excluding carboxylic acids is 3. The highest BCUT2D eigenvalue weighted by molar-refractivity contribution is 5.92. The van der Waals surface area contributed by atoms with Crippen LogP contribution in [0.4, 0.5) is 4.79 Å². The molecule has 1 saturated carbocycles. The van der Waals surface area contributed by atoms with Crippen molar-refractivity contribution < 1.29 is 19.1 Å². The second-order valence-corrected chi connectivity index (χ2v) is 11.9. The predicted molar refractivity (Wildman–Crippen MR) is 153 cm³/mol. The molecule has 3 amide bonds. The summed E-state index contributed by atoms with van der Waals surface area (Å²) in [7, 11) is 0. The molecule has 214 valence electrons. The fourth-order valence-electron chi connectivity index (χ4n) is 4.98. The molecule has 0 aliphatic heterocycles. The minimum absolute atomic E-state index is 0.129. The van der Waals surface area contributed by atoms with Crippen molar-refractivity contribution in [2.45, 2.75) is 136 Å². The van der Waals surface area contributed by atoms with E-state index in [2.05, 4.69) is 17.6 Å². The van der Waals surface area contributed by atoms with Gasteiger partial charge >= 0.3 is 6.09 Å². The van der Waals surface area contributed by atoms with Crippen LogP contribution in [0, 0.1) is 13.8 Å². The van der Waals surface area contributed by atoms with Crippen molar-refractivity contribution in [3.63, 3.8) is 0 Å². The summed E-state index contributed by atoms with van der Waals surface area (Å²) in [6, 6.07) is 4.51. The Balaban J connectivity index is 2.37. The van der Waals surface area contributed by atoms with Crippen LogP contribution in [0.15, 0.2) is 18.2 Å². The van der Waals surface area contributed by atoms with Gasteiger partial charge in [-0.25, -0.2) is 4.79 Å². The maximum atomic E-state index is 13.9. The van der Waals surface area contributed by atoms with Crippen LogP contribution in [0.25, 0.3) is 0 Å². The molecule has 2 N–H and O–H groups in total. The molecule has 2 atom stereocenters. The van der Waals surface area contributed by atoms with Crippen LogP contribution in [0.2, 0.25) is 0 Å². The zero-order valence-corrected chi connectivity index (χ0v) is 24.8. The average molecular weight is 530 g/mol. The van der Waals surface area contributed by atoms with E-state index in [-0.39, 0.29) is 17.9 Å². The fraction of sp³-hybridized carbons (Fsp3) is 0.710. The number of hydrogen-bond acceptors (Lipinski definition) is 4. The van der Waals surface area contributed by atoms with E-state index in [9.17, 15) is 14.4 Å². The quantitative estimate of drug-likeness (QED) is 0.302. The molecule has 1 aliphatic carbocycles. The van der Waals surface area contributed by atoms with E-state index < -0.39 is 23.8 Å². The SMILES string of the molecule is CCCCCCCN(C(=O)C(C)NC(=O)OC(C)(C)C)C(C(=O)NC1CCCCC1)c1ccc(C)c(C)c1. The Labute approximate surface area is 230 Å². The molecular weight excluding hydrogens is 478 g/mol.